The number of sulfonamides is 1. The van der Waals surface area contributed by atoms with E-state index in [9.17, 15) is 8.42 Å². The van der Waals surface area contributed by atoms with Gasteiger partial charge >= 0.3 is 0 Å². The molecule has 0 aliphatic carbocycles. The SMILES string of the molecule is CCc1ccc(S(=O)(=O)N/N=C\C(C)=C\c2ccccc2)cc1. The van der Waals surface area contributed by atoms with Crippen LogP contribution in [-0.4, -0.2) is 14.6 Å². The van der Waals surface area contributed by atoms with Gasteiger partial charge in [-0.15, -0.1) is 0 Å². The Morgan fingerprint density at radius 3 is 2.35 bits per heavy atom. The van der Waals surface area contributed by atoms with Crippen molar-refractivity contribution in [2.75, 3.05) is 0 Å². The molecule has 23 heavy (non-hydrogen) atoms. The highest BCUT2D eigenvalue weighted by molar-refractivity contribution is 7.89. The minimum atomic E-state index is -3.63. The first-order valence-electron chi connectivity index (χ1n) is 7.38. The number of hydrogen-bond acceptors (Lipinski definition) is 3. The van der Waals surface area contributed by atoms with Gasteiger partial charge < -0.3 is 0 Å². The van der Waals surface area contributed by atoms with Crippen LogP contribution in [0.1, 0.15) is 25.0 Å². The van der Waals surface area contributed by atoms with Crippen LogP contribution < -0.4 is 4.83 Å². The van der Waals surface area contributed by atoms with E-state index >= 15 is 0 Å². The largest absolute Gasteiger partial charge is 0.276 e. The van der Waals surface area contributed by atoms with Crippen molar-refractivity contribution in [3.05, 3.63) is 71.3 Å². The maximum absolute atomic E-state index is 12.1. The van der Waals surface area contributed by atoms with Crippen molar-refractivity contribution in [1.82, 2.24) is 4.83 Å². The van der Waals surface area contributed by atoms with E-state index in [1.165, 1.54) is 6.21 Å². The smallest absolute Gasteiger partial charge is 0.200 e. The summed E-state index contributed by atoms with van der Waals surface area (Å²) in [4.78, 5) is 2.44. The van der Waals surface area contributed by atoms with Gasteiger partial charge in [0.05, 0.1) is 11.1 Å². The third-order valence-electron chi connectivity index (χ3n) is 3.28. The molecule has 0 bridgehead atoms. The first-order valence-corrected chi connectivity index (χ1v) is 8.87. The fourth-order valence-corrected chi connectivity index (χ4v) is 2.80. The second kappa shape index (κ2) is 7.74. The number of rotatable bonds is 6. The molecule has 2 rings (SSSR count). The lowest BCUT2D eigenvalue weighted by Crippen LogP contribution is -2.18. The fraction of sp³-hybridized carbons (Fsp3) is 0.167. The molecular weight excluding hydrogens is 308 g/mol. The van der Waals surface area contributed by atoms with E-state index in [-0.39, 0.29) is 4.90 Å². The molecule has 0 atom stereocenters. The lowest BCUT2D eigenvalue weighted by Gasteiger charge is -2.04. The summed E-state index contributed by atoms with van der Waals surface area (Å²) < 4.78 is 24.3. The number of nitrogens with zero attached hydrogens (tertiary/aromatic N) is 1. The Kier molecular flexibility index (Phi) is 5.71. The standard InChI is InChI=1S/C18H20N2O2S/c1-3-16-9-11-18(12-10-16)23(21,22)20-19-14-15(2)13-17-7-5-4-6-8-17/h4-14,20H,3H2,1-2H3/b15-13+,19-14-. The molecule has 5 heteroatoms. The van der Waals surface area contributed by atoms with Crippen molar-refractivity contribution in [2.24, 2.45) is 5.10 Å². The van der Waals surface area contributed by atoms with Crippen molar-refractivity contribution in [1.29, 1.82) is 0 Å². The zero-order valence-corrected chi connectivity index (χ0v) is 14.0. The normalized spacial score (nSPS) is 12.5. The van der Waals surface area contributed by atoms with E-state index in [0.29, 0.717) is 0 Å². The molecule has 0 aromatic heterocycles. The highest BCUT2D eigenvalue weighted by Gasteiger charge is 2.11. The molecule has 0 heterocycles. The van der Waals surface area contributed by atoms with Crippen LogP contribution in [0.25, 0.3) is 6.08 Å². The third kappa shape index (κ3) is 5.07. The molecule has 0 unspecified atom stereocenters. The number of hydrogen-bond donors (Lipinski definition) is 1. The Balaban J connectivity index is 2.04. The van der Waals surface area contributed by atoms with Gasteiger partial charge in [-0.1, -0.05) is 55.5 Å². The van der Waals surface area contributed by atoms with Crippen molar-refractivity contribution in [3.63, 3.8) is 0 Å². The molecule has 4 nitrogen and oxygen atoms in total. The van der Waals surface area contributed by atoms with Gasteiger partial charge in [0, 0.05) is 0 Å². The van der Waals surface area contributed by atoms with Gasteiger partial charge in [-0.25, -0.2) is 4.83 Å². The van der Waals surface area contributed by atoms with Crippen LogP contribution >= 0.6 is 0 Å². The Labute approximate surface area is 137 Å². The molecule has 0 amide bonds. The van der Waals surface area contributed by atoms with Crippen LogP contribution in [0.5, 0.6) is 0 Å². The Bertz CT molecular complexity index is 793. The minimum Gasteiger partial charge on any atom is -0.200 e. The van der Waals surface area contributed by atoms with E-state index in [1.807, 2.05) is 50.3 Å². The number of aryl methyl sites for hydroxylation is 1. The fourth-order valence-electron chi connectivity index (χ4n) is 2.00. The minimum absolute atomic E-state index is 0.205. The molecule has 0 aliphatic heterocycles. The Morgan fingerprint density at radius 1 is 1.09 bits per heavy atom. The van der Waals surface area contributed by atoms with Gasteiger partial charge in [-0.05, 0) is 42.2 Å². The van der Waals surface area contributed by atoms with Crippen LogP contribution in [0.15, 0.2) is 70.2 Å². The lowest BCUT2D eigenvalue weighted by molar-refractivity contribution is 0.584. The van der Waals surface area contributed by atoms with Gasteiger partial charge in [0.25, 0.3) is 10.0 Å². The maximum Gasteiger partial charge on any atom is 0.276 e. The molecule has 0 saturated heterocycles. The first kappa shape index (κ1) is 17.0. The molecule has 0 spiro atoms. The van der Waals surface area contributed by atoms with Gasteiger partial charge in [0.2, 0.25) is 0 Å². The predicted molar refractivity (Wildman–Crippen MR) is 94.7 cm³/mol. The molecule has 1 N–H and O–H groups in total. The van der Waals surface area contributed by atoms with Crippen molar-refractivity contribution in [2.45, 2.75) is 25.2 Å². The number of allylic oxidation sites excluding steroid dienone is 1. The second-order valence-corrected chi connectivity index (χ2v) is 6.81. The number of benzene rings is 2. The molecule has 0 fully saturated rings. The molecule has 2 aromatic carbocycles. The Morgan fingerprint density at radius 2 is 1.74 bits per heavy atom. The molecule has 0 radical (unpaired) electrons. The zero-order chi connectivity index (χ0) is 16.7. The highest BCUT2D eigenvalue weighted by Crippen LogP contribution is 2.11. The van der Waals surface area contributed by atoms with E-state index in [2.05, 4.69) is 9.93 Å². The topological polar surface area (TPSA) is 58.5 Å². The van der Waals surface area contributed by atoms with Crippen LogP contribution in [0.4, 0.5) is 0 Å². The zero-order valence-electron chi connectivity index (χ0n) is 13.2. The van der Waals surface area contributed by atoms with Gasteiger partial charge in [-0.3, -0.25) is 0 Å². The van der Waals surface area contributed by atoms with Gasteiger partial charge in [0.15, 0.2) is 0 Å². The highest BCUT2D eigenvalue weighted by atomic mass is 32.2. The molecular formula is C18H20N2O2S. The lowest BCUT2D eigenvalue weighted by atomic mass is 10.1. The summed E-state index contributed by atoms with van der Waals surface area (Å²) in [7, 11) is -3.63. The van der Waals surface area contributed by atoms with Crippen molar-refractivity contribution < 1.29 is 8.42 Å². The summed E-state index contributed by atoms with van der Waals surface area (Å²) >= 11 is 0. The maximum atomic E-state index is 12.1. The average molecular weight is 328 g/mol. The van der Waals surface area contributed by atoms with Crippen molar-refractivity contribution >= 4 is 22.3 Å². The quantitative estimate of drug-likeness (QED) is 0.650. The molecule has 120 valence electrons. The van der Waals surface area contributed by atoms with E-state index in [4.69, 9.17) is 0 Å². The molecule has 0 aliphatic rings. The van der Waals surface area contributed by atoms with Crippen LogP contribution in [0.2, 0.25) is 0 Å². The first-order chi connectivity index (χ1) is 11.0. The van der Waals surface area contributed by atoms with Gasteiger partial charge in [0.1, 0.15) is 0 Å². The average Bonchev–Trinajstić information content (AvgIpc) is 2.55. The van der Waals surface area contributed by atoms with Crippen LogP contribution in [0, 0.1) is 0 Å². The van der Waals surface area contributed by atoms with Crippen molar-refractivity contribution in [3.8, 4) is 0 Å². The Hall–Kier alpha value is -2.40. The van der Waals surface area contributed by atoms with Crippen LogP contribution in [0.3, 0.4) is 0 Å². The third-order valence-corrected chi connectivity index (χ3v) is 4.52. The summed E-state index contributed by atoms with van der Waals surface area (Å²) in [6.07, 6.45) is 4.29. The van der Waals surface area contributed by atoms with Gasteiger partial charge in [-0.2, -0.15) is 13.5 Å². The molecule has 0 saturated carbocycles. The van der Waals surface area contributed by atoms with E-state index in [0.717, 1.165) is 23.1 Å². The predicted octanol–water partition coefficient (Wildman–Crippen LogP) is 3.62. The summed E-state index contributed by atoms with van der Waals surface area (Å²) in [5.41, 5.74) is 2.98. The summed E-state index contributed by atoms with van der Waals surface area (Å²) in [5, 5.41) is 3.83. The van der Waals surface area contributed by atoms with E-state index < -0.39 is 10.0 Å². The second-order valence-electron chi connectivity index (χ2n) is 5.15. The molecule has 2 aromatic rings. The monoisotopic (exact) mass is 328 g/mol. The summed E-state index contributed by atoms with van der Waals surface area (Å²) in [5.74, 6) is 0. The van der Waals surface area contributed by atoms with Crippen LogP contribution in [-0.2, 0) is 16.4 Å². The number of nitrogens with one attached hydrogen (secondary N) is 1. The van der Waals surface area contributed by atoms with E-state index in [1.54, 1.807) is 24.3 Å². The summed E-state index contributed by atoms with van der Waals surface area (Å²) in [6.45, 7) is 3.88. The summed E-state index contributed by atoms with van der Waals surface area (Å²) in [6, 6.07) is 16.6. The number of hydrazone groups is 1.